The van der Waals surface area contributed by atoms with E-state index < -0.39 is 12.0 Å². The van der Waals surface area contributed by atoms with Crippen molar-refractivity contribution in [2.24, 2.45) is 0 Å². The lowest BCUT2D eigenvalue weighted by atomic mass is 10.3. The van der Waals surface area contributed by atoms with E-state index in [1.54, 1.807) is 24.5 Å². The highest BCUT2D eigenvalue weighted by Gasteiger charge is 2.16. The summed E-state index contributed by atoms with van der Waals surface area (Å²) < 4.78 is 1.45. The highest BCUT2D eigenvalue weighted by Crippen LogP contribution is 2.05. The number of carboxylic acids is 1. The molecule has 0 unspecified atom stereocenters. The molecule has 1 aromatic rings. The normalized spacial score (nSPS) is 12.8. The molecule has 0 aliphatic rings. The minimum atomic E-state index is -1.02. The lowest BCUT2D eigenvalue weighted by Gasteiger charge is -2.09. The van der Waals surface area contributed by atoms with Crippen LogP contribution in [0.3, 0.4) is 0 Å². The maximum atomic E-state index is 10.4. The van der Waals surface area contributed by atoms with Gasteiger partial charge in [-0.2, -0.15) is 0 Å². The Hall–Kier alpha value is -1.29. The first-order chi connectivity index (χ1) is 5.25. The van der Waals surface area contributed by atoms with Crippen LogP contribution in [0.15, 0.2) is 24.5 Å². The van der Waals surface area contributed by atoms with Gasteiger partial charge in [-0.1, -0.05) is 0 Å². The van der Waals surface area contributed by atoms with Gasteiger partial charge in [-0.15, -0.1) is 0 Å². The van der Waals surface area contributed by atoms with Gasteiger partial charge in [-0.3, -0.25) is 0 Å². The number of hydrogen-bond donors (Lipinski definition) is 2. The predicted octanol–water partition coefficient (Wildman–Crippen LogP) is 0.106. The van der Waals surface area contributed by atoms with E-state index in [0.717, 1.165) is 0 Å². The van der Waals surface area contributed by atoms with E-state index in [1.807, 2.05) is 0 Å². The number of hydrogen-bond acceptors (Lipinski definition) is 2. The van der Waals surface area contributed by atoms with Crippen LogP contribution in [0.1, 0.15) is 6.04 Å². The third-order valence-corrected chi connectivity index (χ3v) is 1.45. The summed E-state index contributed by atoms with van der Waals surface area (Å²) in [7, 11) is 0. The van der Waals surface area contributed by atoms with E-state index in [9.17, 15) is 4.79 Å². The Morgan fingerprint density at radius 3 is 2.36 bits per heavy atom. The number of carbonyl (C=O) groups is 1. The van der Waals surface area contributed by atoms with Crippen molar-refractivity contribution in [1.82, 2.24) is 4.57 Å². The molecule has 11 heavy (non-hydrogen) atoms. The Balaban J connectivity index is 2.79. The summed E-state index contributed by atoms with van der Waals surface area (Å²) in [6.07, 6.45) is 3.21. The maximum absolute atomic E-state index is 10.4. The van der Waals surface area contributed by atoms with Gasteiger partial charge in [0.15, 0.2) is 6.04 Å². The third-order valence-electron chi connectivity index (χ3n) is 1.45. The fourth-order valence-corrected chi connectivity index (χ4v) is 0.856. The van der Waals surface area contributed by atoms with Crippen molar-refractivity contribution in [3.63, 3.8) is 0 Å². The molecule has 0 spiro atoms. The second-order valence-corrected chi connectivity index (χ2v) is 2.17. The molecule has 1 aromatic heterocycles. The summed E-state index contributed by atoms with van der Waals surface area (Å²) in [5, 5.41) is 17.2. The average molecular weight is 155 g/mol. The van der Waals surface area contributed by atoms with E-state index in [-0.39, 0.29) is 6.61 Å². The summed E-state index contributed by atoms with van der Waals surface area (Å²) in [6.45, 7) is -0.385. The zero-order chi connectivity index (χ0) is 8.27. The van der Waals surface area contributed by atoms with Crippen molar-refractivity contribution in [3.8, 4) is 0 Å². The van der Waals surface area contributed by atoms with Gasteiger partial charge in [0.2, 0.25) is 0 Å². The van der Waals surface area contributed by atoms with Crippen LogP contribution in [0.5, 0.6) is 0 Å². The van der Waals surface area contributed by atoms with Crippen molar-refractivity contribution in [3.05, 3.63) is 24.5 Å². The summed E-state index contributed by atoms with van der Waals surface area (Å²) in [5.74, 6) is -1.02. The molecule has 0 amide bonds. The summed E-state index contributed by atoms with van der Waals surface area (Å²) in [5.41, 5.74) is 0. The van der Waals surface area contributed by atoms with Crippen LogP contribution in [0.25, 0.3) is 0 Å². The van der Waals surface area contributed by atoms with Gasteiger partial charge in [-0.25, -0.2) is 4.79 Å². The highest BCUT2D eigenvalue weighted by molar-refractivity contribution is 5.71. The van der Waals surface area contributed by atoms with Crippen LogP contribution < -0.4 is 0 Å². The minimum absolute atomic E-state index is 0.385. The summed E-state index contributed by atoms with van der Waals surface area (Å²) >= 11 is 0. The number of aromatic nitrogens is 1. The largest absolute Gasteiger partial charge is 0.480 e. The lowest BCUT2D eigenvalue weighted by molar-refractivity contribution is -0.142. The zero-order valence-electron chi connectivity index (χ0n) is 5.84. The van der Waals surface area contributed by atoms with Gasteiger partial charge >= 0.3 is 5.97 Å². The monoisotopic (exact) mass is 155 g/mol. The van der Waals surface area contributed by atoms with Gasteiger partial charge in [-0.05, 0) is 12.1 Å². The molecule has 1 heterocycles. The molecule has 2 N–H and O–H groups in total. The second-order valence-electron chi connectivity index (χ2n) is 2.17. The van der Waals surface area contributed by atoms with Crippen molar-refractivity contribution < 1.29 is 15.0 Å². The van der Waals surface area contributed by atoms with Crippen LogP contribution in [-0.2, 0) is 4.79 Å². The SMILES string of the molecule is O=C(O)[C@@H](CO)n1cccc1. The molecule has 0 bridgehead atoms. The minimum Gasteiger partial charge on any atom is -0.480 e. The number of aliphatic hydroxyl groups is 1. The molecule has 4 nitrogen and oxygen atoms in total. The molecule has 0 aliphatic carbocycles. The quantitative estimate of drug-likeness (QED) is 0.651. The van der Waals surface area contributed by atoms with E-state index >= 15 is 0 Å². The molecule has 0 radical (unpaired) electrons. The van der Waals surface area contributed by atoms with E-state index in [0.29, 0.717) is 0 Å². The Kier molecular flexibility index (Phi) is 2.28. The molecule has 0 fully saturated rings. The smallest absolute Gasteiger partial charge is 0.329 e. The molecule has 0 saturated heterocycles. The van der Waals surface area contributed by atoms with E-state index in [1.165, 1.54) is 4.57 Å². The zero-order valence-corrected chi connectivity index (χ0v) is 5.84. The molecule has 1 rings (SSSR count). The topological polar surface area (TPSA) is 62.5 Å². The molecule has 0 saturated carbocycles. The molecule has 1 atom stereocenters. The van der Waals surface area contributed by atoms with Gasteiger partial charge in [0.05, 0.1) is 6.61 Å². The Morgan fingerprint density at radius 2 is 2.00 bits per heavy atom. The number of rotatable bonds is 3. The van der Waals surface area contributed by atoms with Crippen LogP contribution in [0.4, 0.5) is 0 Å². The Morgan fingerprint density at radius 1 is 1.45 bits per heavy atom. The predicted molar refractivity (Wildman–Crippen MR) is 38.2 cm³/mol. The lowest BCUT2D eigenvalue weighted by Crippen LogP contribution is -2.21. The first-order valence-corrected chi connectivity index (χ1v) is 3.22. The van der Waals surface area contributed by atoms with Gasteiger partial charge in [0.25, 0.3) is 0 Å². The third kappa shape index (κ3) is 1.59. The number of aliphatic carboxylic acids is 1. The Bertz CT molecular complexity index is 230. The summed E-state index contributed by atoms with van der Waals surface area (Å²) in [6, 6.07) is 2.57. The van der Waals surface area contributed by atoms with Crippen LogP contribution in [0.2, 0.25) is 0 Å². The number of nitrogens with zero attached hydrogens (tertiary/aromatic N) is 1. The maximum Gasteiger partial charge on any atom is 0.329 e. The van der Waals surface area contributed by atoms with Crippen LogP contribution in [-0.4, -0.2) is 27.4 Å². The van der Waals surface area contributed by atoms with Crippen LogP contribution >= 0.6 is 0 Å². The van der Waals surface area contributed by atoms with Gasteiger partial charge in [0, 0.05) is 12.4 Å². The number of aliphatic hydroxyl groups excluding tert-OH is 1. The average Bonchev–Trinajstić information content (AvgIpc) is 2.40. The highest BCUT2D eigenvalue weighted by atomic mass is 16.4. The molecule has 60 valence electrons. The molecule has 4 heteroatoms. The van der Waals surface area contributed by atoms with Crippen molar-refractivity contribution >= 4 is 5.97 Å². The van der Waals surface area contributed by atoms with Gasteiger partial charge < -0.3 is 14.8 Å². The fourth-order valence-electron chi connectivity index (χ4n) is 0.856. The van der Waals surface area contributed by atoms with E-state index in [4.69, 9.17) is 10.2 Å². The van der Waals surface area contributed by atoms with Crippen LogP contribution in [0, 0.1) is 0 Å². The fraction of sp³-hybridized carbons (Fsp3) is 0.286. The molecular formula is C7H9NO3. The second kappa shape index (κ2) is 3.21. The molecule has 0 aromatic carbocycles. The van der Waals surface area contributed by atoms with Crippen molar-refractivity contribution in [2.75, 3.05) is 6.61 Å². The standard InChI is InChI=1S/C7H9NO3/c9-5-6(7(10)11)8-3-1-2-4-8/h1-4,6,9H,5H2,(H,10,11)/t6-/m1/s1. The molecular weight excluding hydrogens is 146 g/mol. The molecule has 0 aliphatic heterocycles. The summed E-state index contributed by atoms with van der Waals surface area (Å²) in [4.78, 5) is 10.4. The first kappa shape index (κ1) is 7.81. The van der Waals surface area contributed by atoms with Gasteiger partial charge in [0.1, 0.15) is 0 Å². The van der Waals surface area contributed by atoms with Crippen molar-refractivity contribution in [2.45, 2.75) is 6.04 Å². The number of carboxylic acid groups (broad SMARTS) is 1. The van der Waals surface area contributed by atoms with E-state index in [2.05, 4.69) is 0 Å². The first-order valence-electron chi connectivity index (χ1n) is 3.22. The Labute approximate surface area is 63.7 Å². The van der Waals surface area contributed by atoms with Crippen molar-refractivity contribution in [1.29, 1.82) is 0 Å².